The molecule has 1 aliphatic carbocycles. The summed E-state index contributed by atoms with van der Waals surface area (Å²) in [6, 6.07) is 12.8. The molecular formula is C31H35FN4O2. The van der Waals surface area contributed by atoms with Gasteiger partial charge in [0.1, 0.15) is 11.4 Å². The molecule has 6 nitrogen and oxygen atoms in total. The molecule has 0 aromatic heterocycles. The predicted octanol–water partition coefficient (Wildman–Crippen LogP) is 5.75. The Morgan fingerprint density at radius 2 is 1.87 bits per heavy atom. The lowest BCUT2D eigenvalue weighted by Gasteiger charge is -2.32. The first-order valence-electron chi connectivity index (χ1n) is 13.0. The summed E-state index contributed by atoms with van der Waals surface area (Å²) in [6.07, 6.45) is 11.0. The minimum absolute atomic E-state index is 0.0615. The summed E-state index contributed by atoms with van der Waals surface area (Å²) in [4.78, 5) is 30.4. The molecule has 2 atom stereocenters. The number of halogens is 1. The van der Waals surface area contributed by atoms with Crippen molar-refractivity contribution in [2.24, 2.45) is 5.92 Å². The minimum atomic E-state index is -0.985. The van der Waals surface area contributed by atoms with Gasteiger partial charge in [0.15, 0.2) is 5.96 Å². The quantitative estimate of drug-likeness (QED) is 0.471. The molecule has 7 heteroatoms. The Kier molecular flexibility index (Phi) is 7.95. The van der Waals surface area contributed by atoms with Crippen LogP contribution in [-0.4, -0.2) is 40.2 Å². The monoisotopic (exact) mass is 514 g/mol. The van der Waals surface area contributed by atoms with E-state index in [1.165, 1.54) is 17.0 Å². The summed E-state index contributed by atoms with van der Waals surface area (Å²) in [6.45, 7) is 6.38. The van der Waals surface area contributed by atoms with Crippen LogP contribution in [0.4, 0.5) is 4.39 Å². The second-order valence-electron chi connectivity index (χ2n) is 10.5. The van der Waals surface area contributed by atoms with Gasteiger partial charge in [-0.25, -0.2) is 4.39 Å². The summed E-state index contributed by atoms with van der Waals surface area (Å²) in [5.74, 6) is -0.360. The number of benzene rings is 2. The molecule has 38 heavy (non-hydrogen) atoms. The lowest BCUT2D eigenvalue weighted by Crippen LogP contribution is -2.50. The van der Waals surface area contributed by atoms with Crippen molar-refractivity contribution in [3.05, 3.63) is 107 Å². The summed E-state index contributed by atoms with van der Waals surface area (Å²) >= 11 is 0. The topological polar surface area (TPSA) is 76.5 Å². The Bertz CT molecular complexity index is 1310. The van der Waals surface area contributed by atoms with Gasteiger partial charge in [-0.2, -0.15) is 0 Å². The molecule has 1 fully saturated rings. The molecule has 2 N–H and O–H groups in total. The zero-order valence-electron chi connectivity index (χ0n) is 22.4. The number of nitrogens with zero attached hydrogens (tertiary/aromatic N) is 2. The Hall–Kier alpha value is -4.00. The van der Waals surface area contributed by atoms with Crippen LogP contribution in [0.3, 0.4) is 0 Å². The van der Waals surface area contributed by atoms with Crippen LogP contribution in [0.2, 0.25) is 0 Å². The van der Waals surface area contributed by atoms with Gasteiger partial charge in [-0.1, -0.05) is 68.5 Å². The molecule has 0 spiro atoms. The lowest BCUT2D eigenvalue weighted by molar-refractivity contribution is -0.131. The van der Waals surface area contributed by atoms with E-state index >= 15 is 0 Å². The molecule has 2 amide bonds. The molecule has 2 aromatic rings. The van der Waals surface area contributed by atoms with E-state index in [0.717, 1.165) is 16.7 Å². The van der Waals surface area contributed by atoms with E-state index in [2.05, 4.69) is 19.2 Å². The van der Waals surface area contributed by atoms with Gasteiger partial charge in [-0.15, -0.1) is 0 Å². The summed E-state index contributed by atoms with van der Waals surface area (Å²) < 4.78 is 13.2. The SMILES string of the molecule is CC(C)C[C@@]1(C2=CC=CC=CC2)NC(=N)N([C@H](C)c2cccc(C(=O)N(C)Cc3ccc(F)cc3)c2)C1=O. The van der Waals surface area contributed by atoms with Crippen molar-refractivity contribution in [1.82, 2.24) is 15.1 Å². The Balaban J connectivity index is 1.58. The van der Waals surface area contributed by atoms with Gasteiger partial charge >= 0.3 is 0 Å². The van der Waals surface area contributed by atoms with Crippen molar-refractivity contribution >= 4 is 17.8 Å². The molecule has 1 aliphatic heterocycles. The Labute approximate surface area is 224 Å². The summed E-state index contributed by atoms with van der Waals surface area (Å²) in [5, 5.41) is 12.0. The van der Waals surface area contributed by atoms with Gasteiger partial charge in [0.2, 0.25) is 0 Å². The third kappa shape index (κ3) is 5.47. The smallest absolute Gasteiger partial charge is 0.259 e. The highest BCUT2D eigenvalue weighted by molar-refractivity contribution is 6.10. The molecule has 2 aliphatic rings. The minimum Gasteiger partial charge on any atom is -0.338 e. The van der Waals surface area contributed by atoms with E-state index in [9.17, 15) is 14.0 Å². The maximum absolute atomic E-state index is 14.1. The normalized spacial score (nSPS) is 19.8. The first kappa shape index (κ1) is 27.0. The van der Waals surface area contributed by atoms with Gasteiger partial charge < -0.3 is 10.2 Å². The Morgan fingerprint density at radius 3 is 2.58 bits per heavy atom. The fourth-order valence-electron chi connectivity index (χ4n) is 5.22. The van der Waals surface area contributed by atoms with Crippen LogP contribution < -0.4 is 5.32 Å². The molecule has 0 unspecified atom stereocenters. The van der Waals surface area contributed by atoms with E-state index < -0.39 is 11.6 Å². The van der Waals surface area contributed by atoms with E-state index in [-0.39, 0.29) is 29.5 Å². The van der Waals surface area contributed by atoms with Crippen LogP contribution in [0.25, 0.3) is 0 Å². The van der Waals surface area contributed by atoms with Gasteiger partial charge in [0.05, 0.1) is 6.04 Å². The van der Waals surface area contributed by atoms with E-state index in [1.807, 2.05) is 43.4 Å². The number of hydrogen-bond donors (Lipinski definition) is 2. The highest BCUT2D eigenvalue weighted by Crippen LogP contribution is 2.38. The van der Waals surface area contributed by atoms with Crippen molar-refractivity contribution in [3.8, 4) is 0 Å². The van der Waals surface area contributed by atoms with E-state index in [1.54, 1.807) is 42.3 Å². The van der Waals surface area contributed by atoms with Crippen molar-refractivity contribution in [2.45, 2.75) is 51.7 Å². The second-order valence-corrected chi connectivity index (χ2v) is 10.5. The summed E-state index contributed by atoms with van der Waals surface area (Å²) in [5.41, 5.74) is 2.03. The first-order chi connectivity index (χ1) is 18.1. The van der Waals surface area contributed by atoms with Crippen LogP contribution in [0.15, 0.2) is 84.5 Å². The third-order valence-corrected chi connectivity index (χ3v) is 7.10. The number of amides is 2. The zero-order chi connectivity index (χ0) is 27.4. The van der Waals surface area contributed by atoms with Gasteiger partial charge in [-0.3, -0.25) is 19.9 Å². The molecule has 0 radical (unpaired) electrons. The molecule has 0 bridgehead atoms. The lowest BCUT2D eigenvalue weighted by atomic mass is 9.80. The fourth-order valence-corrected chi connectivity index (χ4v) is 5.22. The number of rotatable bonds is 8. The van der Waals surface area contributed by atoms with Gasteiger partial charge in [0.25, 0.3) is 11.8 Å². The molecule has 198 valence electrons. The van der Waals surface area contributed by atoms with Gasteiger partial charge in [-0.05, 0) is 66.6 Å². The van der Waals surface area contributed by atoms with Crippen molar-refractivity contribution in [2.75, 3.05) is 7.05 Å². The second kappa shape index (κ2) is 11.2. The largest absolute Gasteiger partial charge is 0.338 e. The van der Waals surface area contributed by atoms with Crippen LogP contribution >= 0.6 is 0 Å². The maximum atomic E-state index is 14.1. The average molecular weight is 515 g/mol. The van der Waals surface area contributed by atoms with E-state index in [4.69, 9.17) is 5.41 Å². The number of hydrogen-bond acceptors (Lipinski definition) is 3. The summed E-state index contributed by atoms with van der Waals surface area (Å²) in [7, 11) is 1.70. The molecule has 2 aromatic carbocycles. The molecule has 1 saturated heterocycles. The van der Waals surface area contributed by atoms with Crippen LogP contribution in [-0.2, 0) is 11.3 Å². The fraction of sp³-hybridized carbons (Fsp3) is 0.323. The number of carbonyl (C=O) groups excluding carboxylic acids is 2. The van der Waals surface area contributed by atoms with Crippen LogP contribution in [0.5, 0.6) is 0 Å². The number of allylic oxidation sites excluding steroid dienone is 5. The third-order valence-electron chi connectivity index (χ3n) is 7.10. The maximum Gasteiger partial charge on any atom is 0.259 e. The molecule has 4 rings (SSSR count). The van der Waals surface area contributed by atoms with Crippen molar-refractivity contribution < 1.29 is 14.0 Å². The Morgan fingerprint density at radius 1 is 1.13 bits per heavy atom. The van der Waals surface area contributed by atoms with Crippen molar-refractivity contribution in [3.63, 3.8) is 0 Å². The van der Waals surface area contributed by atoms with Crippen molar-refractivity contribution in [1.29, 1.82) is 5.41 Å². The molecule has 1 heterocycles. The highest BCUT2D eigenvalue weighted by Gasteiger charge is 2.53. The standard InChI is InChI=1S/C31H35FN4O2/c1-21(2)19-31(26-12-7-5-6-8-13-26)29(38)36(30(33)34-31)22(3)24-10-9-11-25(18-24)28(37)35(4)20-23-14-16-27(32)17-15-23/h5-12,14-18,21-22H,13,19-20H2,1-4H3,(H2,33,34)/t22-,31+/m1/s1. The highest BCUT2D eigenvalue weighted by atomic mass is 19.1. The number of nitrogens with one attached hydrogen (secondary N) is 2. The van der Waals surface area contributed by atoms with Crippen LogP contribution in [0, 0.1) is 17.1 Å². The van der Waals surface area contributed by atoms with Gasteiger partial charge in [0, 0.05) is 19.2 Å². The number of guanidine groups is 1. The average Bonchev–Trinajstić information content (AvgIpc) is 3.06. The first-order valence-corrected chi connectivity index (χ1v) is 13.0. The molecule has 0 saturated carbocycles. The predicted molar refractivity (Wildman–Crippen MR) is 148 cm³/mol. The number of carbonyl (C=O) groups is 2. The van der Waals surface area contributed by atoms with Crippen LogP contribution in [0.1, 0.15) is 61.1 Å². The molecular weight excluding hydrogens is 479 g/mol. The van der Waals surface area contributed by atoms with E-state index in [0.29, 0.717) is 24.9 Å². The zero-order valence-corrected chi connectivity index (χ0v) is 22.4.